The van der Waals surface area contributed by atoms with Gasteiger partial charge in [0.2, 0.25) is 0 Å². The lowest BCUT2D eigenvalue weighted by Crippen LogP contribution is -2.35. The smallest absolute Gasteiger partial charge is 0.410 e. The molecule has 0 spiro atoms. The number of hydrogen-bond acceptors (Lipinski definition) is 6. The molecule has 168 valence electrons. The molecule has 0 saturated carbocycles. The maximum atomic E-state index is 12.4. The van der Waals surface area contributed by atoms with E-state index in [4.69, 9.17) is 26.1 Å². The van der Waals surface area contributed by atoms with E-state index in [0.717, 1.165) is 40.4 Å². The molecule has 1 amide bonds. The Labute approximate surface area is 197 Å². The highest BCUT2D eigenvalue weighted by Crippen LogP contribution is 2.31. The van der Waals surface area contributed by atoms with Gasteiger partial charge in [-0.1, -0.05) is 59.3 Å². The fourth-order valence-electron chi connectivity index (χ4n) is 3.48. The first-order valence-corrected chi connectivity index (χ1v) is 11.9. The number of ether oxygens (including phenoxy) is 2. The second-order valence-electron chi connectivity index (χ2n) is 7.49. The zero-order chi connectivity index (χ0) is 22.2. The Bertz CT molecular complexity index is 1060. The van der Waals surface area contributed by atoms with Gasteiger partial charge in [-0.2, -0.15) is 0 Å². The zero-order valence-electron chi connectivity index (χ0n) is 17.8. The second-order valence-corrected chi connectivity index (χ2v) is 8.93. The van der Waals surface area contributed by atoms with Crippen LogP contribution in [0.4, 0.5) is 9.93 Å². The summed E-state index contributed by atoms with van der Waals surface area (Å²) in [6.07, 6.45) is 4.28. The van der Waals surface area contributed by atoms with Crippen molar-refractivity contribution in [3.05, 3.63) is 71.3 Å². The first-order valence-electron chi connectivity index (χ1n) is 10.7. The van der Waals surface area contributed by atoms with Gasteiger partial charge in [-0.05, 0) is 36.3 Å². The summed E-state index contributed by atoms with van der Waals surface area (Å²) in [4.78, 5) is 21.2. The highest BCUT2D eigenvalue weighted by Gasteiger charge is 2.21. The quantitative estimate of drug-likeness (QED) is 0.342. The fraction of sp³-hybridized carbons (Fsp3) is 0.333. The lowest BCUT2D eigenvalue weighted by Gasteiger charge is -2.21. The van der Waals surface area contributed by atoms with E-state index < -0.39 is 0 Å². The number of amides is 1. The van der Waals surface area contributed by atoms with E-state index >= 15 is 0 Å². The summed E-state index contributed by atoms with van der Waals surface area (Å²) in [5.74, 6) is 0. The number of hydrogen-bond donors (Lipinski definition) is 0. The van der Waals surface area contributed by atoms with Crippen molar-refractivity contribution in [1.82, 2.24) is 9.88 Å². The Balaban J connectivity index is 1.18. The van der Waals surface area contributed by atoms with Crippen molar-refractivity contribution in [3.63, 3.8) is 0 Å². The molecule has 1 fully saturated rings. The Morgan fingerprint density at radius 3 is 2.78 bits per heavy atom. The molecule has 0 radical (unpaired) electrons. The molecule has 0 N–H and O–H groups in total. The summed E-state index contributed by atoms with van der Waals surface area (Å²) in [5.41, 5.74) is 2.09. The molecule has 4 rings (SSSR count). The van der Waals surface area contributed by atoms with Crippen molar-refractivity contribution in [2.75, 3.05) is 44.3 Å². The summed E-state index contributed by atoms with van der Waals surface area (Å²) in [5, 5.41) is 1.69. The van der Waals surface area contributed by atoms with Crippen molar-refractivity contribution >= 4 is 44.4 Å². The average Bonchev–Trinajstić information content (AvgIpc) is 3.06. The van der Waals surface area contributed by atoms with Gasteiger partial charge in [0, 0.05) is 31.2 Å². The van der Waals surface area contributed by atoms with E-state index in [1.807, 2.05) is 60.7 Å². The SMILES string of the molecule is O=C(OCC=CCOCc1ccccc1)N1CCCN(c2nc3ccc(Cl)cc3s2)CC1. The normalized spacial score (nSPS) is 14.8. The van der Waals surface area contributed by atoms with Gasteiger partial charge in [0.1, 0.15) is 6.61 Å². The molecule has 32 heavy (non-hydrogen) atoms. The number of benzene rings is 2. The maximum absolute atomic E-state index is 12.4. The molecule has 0 aliphatic carbocycles. The summed E-state index contributed by atoms with van der Waals surface area (Å²) < 4.78 is 12.1. The van der Waals surface area contributed by atoms with Crippen molar-refractivity contribution < 1.29 is 14.3 Å². The molecule has 1 saturated heterocycles. The van der Waals surface area contributed by atoms with Gasteiger partial charge < -0.3 is 19.3 Å². The molecule has 1 aliphatic heterocycles. The number of halogens is 1. The van der Waals surface area contributed by atoms with Crippen LogP contribution in [0.3, 0.4) is 0 Å². The van der Waals surface area contributed by atoms with Crippen LogP contribution in [0.25, 0.3) is 10.2 Å². The van der Waals surface area contributed by atoms with Gasteiger partial charge in [-0.15, -0.1) is 0 Å². The monoisotopic (exact) mass is 471 g/mol. The molecule has 2 aromatic carbocycles. The van der Waals surface area contributed by atoms with Crippen LogP contribution in [0.1, 0.15) is 12.0 Å². The number of carbonyl (C=O) groups is 1. The number of anilines is 1. The molecule has 6 nitrogen and oxygen atoms in total. The fourth-order valence-corrected chi connectivity index (χ4v) is 4.77. The standard InChI is InChI=1S/C24H26ClN3O3S/c25-20-9-10-21-22(17-20)32-23(26-21)27-11-6-12-28(14-13-27)24(29)31-16-5-4-15-30-18-19-7-2-1-3-8-19/h1-5,7-10,17H,6,11-16,18H2. The van der Waals surface area contributed by atoms with Crippen LogP contribution in [0, 0.1) is 0 Å². The van der Waals surface area contributed by atoms with Gasteiger partial charge >= 0.3 is 6.09 Å². The molecular weight excluding hydrogens is 446 g/mol. The number of nitrogens with zero attached hydrogens (tertiary/aromatic N) is 3. The Hall–Kier alpha value is -2.61. The predicted molar refractivity (Wildman–Crippen MR) is 130 cm³/mol. The molecule has 0 unspecified atom stereocenters. The third-order valence-corrected chi connectivity index (χ3v) is 6.47. The molecule has 1 aliphatic rings. The zero-order valence-corrected chi connectivity index (χ0v) is 19.4. The van der Waals surface area contributed by atoms with Crippen molar-refractivity contribution in [2.45, 2.75) is 13.0 Å². The first kappa shape index (κ1) is 22.6. The Morgan fingerprint density at radius 2 is 1.91 bits per heavy atom. The summed E-state index contributed by atoms with van der Waals surface area (Å²) in [7, 11) is 0. The maximum Gasteiger partial charge on any atom is 0.410 e. The minimum absolute atomic E-state index is 0.242. The van der Waals surface area contributed by atoms with Crippen LogP contribution in [0.15, 0.2) is 60.7 Å². The van der Waals surface area contributed by atoms with Crippen LogP contribution >= 0.6 is 22.9 Å². The summed E-state index contributed by atoms with van der Waals surface area (Å²) in [6, 6.07) is 15.8. The van der Waals surface area contributed by atoms with Crippen LogP contribution in [0.2, 0.25) is 5.02 Å². The van der Waals surface area contributed by atoms with E-state index in [1.54, 1.807) is 16.2 Å². The largest absolute Gasteiger partial charge is 0.445 e. The van der Waals surface area contributed by atoms with Crippen LogP contribution in [-0.2, 0) is 16.1 Å². The molecular formula is C24H26ClN3O3S. The third kappa shape index (κ3) is 6.22. The van der Waals surface area contributed by atoms with Crippen molar-refractivity contribution in [3.8, 4) is 0 Å². The van der Waals surface area contributed by atoms with Gasteiger partial charge in [0.05, 0.1) is 23.4 Å². The number of rotatable bonds is 7. The van der Waals surface area contributed by atoms with Gasteiger partial charge in [-0.25, -0.2) is 9.78 Å². The lowest BCUT2D eigenvalue weighted by molar-refractivity contribution is 0.114. The number of aromatic nitrogens is 1. The molecule has 2 heterocycles. The topological polar surface area (TPSA) is 54.9 Å². The highest BCUT2D eigenvalue weighted by molar-refractivity contribution is 7.22. The summed E-state index contributed by atoms with van der Waals surface area (Å²) in [6.45, 7) is 4.17. The molecule has 8 heteroatoms. The van der Waals surface area contributed by atoms with Crippen LogP contribution in [-0.4, -0.2) is 55.4 Å². The molecule has 1 aromatic heterocycles. The van der Waals surface area contributed by atoms with E-state index in [9.17, 15) is 4.79 Å². The van der Waals surface area contributed by atoms with E-state index in [-0.39, 0.29) is 12.7 Å². The second kappa shape index (κ2) is 11.3. The Kier molecular flexibility index (Phi) is 7.98. The third-order valence-electron chi connectivity index (χ3n) is 5.16. The van der Waals surface area contributed by atoms with E-state index in [2.05, 4.69) is 4.90 Å². The molecule has 0 atom stereocenters. The Morgan fingerprint density at radius 1 is 1.06 bits per heavy atom. The van der Waals surface area contributed by atoms with Gasteiger partial charge in [0.15, 0.2) is 5.13 Å². The average molecular weight is 472 g/mol. The number of fused-ring (bicyclic) bond motifs is 1. The predicted octanol–water partition coefficient (Wildman–Crippen LogP) is 5.37. The van der Waals surface area contributed by atoms with Crippen molar-refractivity contribution in [1.29, 1.82) is 0 Å². The number of thiazole rings is 1. The minimum atomic E-state index is -0.280. The van der Waals surface area contributed by atoms with Crippen LogP contribution in [0.5, 0.6) is 0 Å². The van der Waals surface area contributed by atoms with Crippen LogP contribution < -0.4 is 4.90 Å². The van der Waals surface area contributed by atoms with Gasteiger partial charge in [0.25, 0.3) is 0 Å². The van der Waals surface area contributed by atoms with E-state index in [1.165, 1.54) is 0 Å². The number of carbonyl (C=O) groups excluding carboxylic acids is 1. The lowest BCUT2D eigenvalue weighted by atomic mass is 10.2. The van der Waals surface area contributed by atoms with Crippen molar-refractivity contribution in [2.24, 2.45) is 0 Å². The van der Waals surface area contributed by atoms with Gasteiger partial charge in [-0.3, -0.25) is 0 Å². The first-order chi connectivity index (χ1) is 15.7. The molecule has 3 aromatic rings. The molecule has 0 bridgehead atoms. The minimum Gasteiger partial charge on any atom is -0.445 e. The summed E-state index contributed by atoms with van der Waals surface area (Å²) >= 11 is 7.73. The highest BCUT2D eigenvalue weighted by atomic mass is 35.5. The van der Waals surface area contributed by atoms with E-state index in [0.29, 0.717) is 31.3 Å².